The molecule has 6 heteroatoms. The van der Waals surface area contributed by atoms with E-state index in [0.29, 0.717) is 12.8 Å². The number of rotatable bonds is 4. The topological polar surface area (TPSA) is 54.4 Å². The molecule has 1 aliphatic carbocycles. The molecule has 0 bridgehead atoms. The van der Waals surface area contributed by atoms with Crippen LogP contribution in [0.25, 0.3) is 0 Å². The fourth-order valence-electron chi connectivity index (χ4n) is 2.83. The van der Waals surface area contributed by atoms with Crippen molar-refractivity contribution >= 4 is 9.84 Å². The minimum atomic E-state index is -3.64. The second-order valence-electron chi connectivity index (χ2n) is 5.91. The van der Waals surface area contributed by atoms with E-state index in [-0.39, 0.29) is 11.3 Å². The van der Waals surface area contributed by atoms with Gasteiger partial charge in [0.1, 0.15) is 0 Å². The molecule has 0 spiro atoms. The fourth-order valence-corrected chi connectivity index (χ4v) is 4.68. The Kier molecular flexibility index (Phi) is 4.68. The van der Waals surface area contributed by atoms with Crippen LogP contribution in [0, 0.1) is 11.6 Å². The first kappa shape index (κ1) is 16.4. The highest BCUT2D eigenvalue weighted by Crippen LogP contribution is 2.33. The monoisotopic (exact) mass is 318 g/mol. The SMILES string of the molecule is C[C@H](c1ccc(F)c(F)c1)S(=O)(=O)CC1(O)CCCCC1. The van der Waals surface area contributed by atoms with Gasteiger partial charge in [0.2, 0.25) is 0 Å². The molecule has 0 heterocycles. The summed E-state index contributed by atoms with van der Waals surface area (Å²) in [7, 11) is -3.64. The molecule has 1 fully saturated rings. The summed E-state index contributed by atoms with van der Waals surface area (Å²) >= 11 is 0. The third-order valence-corrected chi connectivity index (χ3v) is 6.50. The quantitative estimate of drug-likeness (QED) is 0.928. The van der Waals surface area contributed by atoms with Crippen LogP contribution in [0.2, 0.25) is 0 Å². The molecule has 3 nitrogen and oxygen atoms in total. The maximum Gasteiger partial charge on any atom is 0.159 e. The zero-order valence-corrected chi connectivity index (χ0v) is 12.8. The minimum Gasteiger partial charge on any atom is -0.389 e. The van der Waals surface area contributed by atoms with Crippen molar-refractivity contribution in [2.24, 2.45) is 0 Å². The van der Waals surface area contributed by atoms with E-state index in [1.807, 2.05) is 0 Å². The molecule has 2 rings (SSSR count). The van der Waals surface area contributed by atoms with Crippen molar-refractivity contribution in [3.63, 3.8) is 0 Å². The molecule has 1 aromatic carbocycles. The maximum atomic E-state index is 13.2. The van der Waals surface area contributed by atoms with E-state index in [4.69, 9.17) is 0 Å². The lowest BCUT2D eigenvalue weighted by Gasteiger charge is -2.32. The predicted octanol–water partition coefficient (Wildman–Crippen LogP) is 3.14. The van der Waals surface area contributed by atoms with E-state index in [0.717, 1.165) is 31.4 Å². The second-order valence-corrected chi connectivity index (χ2v) is 8.23. The van der Waals surface area contributed by atoms with E-state index in [1.165, 1.54) is 13.0 Å². The summed E-state index contributed by atoms with van der Waals surface area (Å²) in [6.45, 7) is 1.44. The molecule has 1 saturated carbocycles. The number of aliphatic hydroxyl groups is 1. The molecule has 0 aromatic heterocycles. The third-order valence-electron chi connectivity index (χ3n) is 4.21. The largest absolute Gasteiger partial charge is 0.389 e. The minimum absolute atomic E-state index is 0.202. The van der Waals surface area contributed by atoms with Crippen molar-refractivity contribution in [1.82, 2.24) is 0 Å². The molecule has 1 aliphatic rings. The summed E-state index contributed by atoms with van der Waals surface area (Å²) in [5.74, 6) is -2.40. The van der Waals surface area contributed by atoms with E-state index >= 15 is 0 Å². The number of benzene rings is 1. The average Bonchev–Trinajstić information content (AvgIpc) is 2.40. The Labute approximate surface area is 123 Å². The number of sulfone groups is 1. The Morgan fingerprint density at radius 3 is 2.38 bits per heavy atom. The van der Waals surface area contributed by atoms with Crippen LogP contribution in [0.4, 0.5) is 8.78 Å². The van der Waals surface area contributed by atoms with Crippen LogP contribution in [-0.4, -0.2) is 24.9 Å². The van der Waals surface area contributed by atoms with Gasteiger partial charge in [-0.15, -0.1) is 0 Å². The summed E-state index contributed by atoms with van der Waals surface area (Å²) in [5.41, 5.74) is -0.988. The number of hydrogen-bond donors (Lipinski definition) is 1. The van der Waals surface area contributed by atoms with Crippen molar-refractivity contribution in [2.45, 2.75) is 49.9 Å². The van der Waals surface area contributed by atoms with Gasteiger partial charge in [-0.05, 0) is 37.5 Å². The van der Waals surface area contributed by atoms with E-state index in [9.17, 15) is 22.3 Å². The number of halogens is 2. The Balaban J connectivity index is 2.19. The van der Waals surface area contributed by atoms with Crippen LogP contribution in [0.3, 0.4) is 0 Å². The smallest absolute Gasteiger partial charge is 0.159 e. The van der Waals surface area contributed by atoms with Gasteiger partial charge >= 0.3 is 0 Å². The van der Waals surface area contributed by atoms with Gasteiger partial charge in [0.25, 0.3) is 0 Å². The first-order valence-corrected chi connectivity index (χ1v) is 8.84. The molecular weight excluding hydrogens is 298 g/mol. The normalized spacial score (nSPS) is 20.2. The lowest BCUT2D eigenvalue weighted by atomic mass is 9.86. The van der Waals surface area contributed by atoms with Crippen molar-refractivity contribution in [1.29, 1.82) is 0 Å². The van der Waals surface area contributed by atoms with Gasteiger partial charge in [-0.25, -0.2) is 17.2 Å². The zero-order chi connectivity index (χ0) is 15.7. The van der Waals surface area contributed by atoms with Gasteiger partial charge in [-0.2, -0.15) is 0 Å². The van der Waals surface area contributed by atoms with E-state index in [1.54, 1.807) is 0 Å². The Hall–Kier alpha value is -1.01. The molecule has 0 amide bonds. The van der Waals surface area contributed by atoms with Crippen LogP contribution in [0.15, 0.2) is 18.2 Å². The van der Waals surface area contributed by atoms with Crippen molar-refractivity contribution in [3.8, 4) is 0 Å². The second kappa shape index (κ2) is 6.01. The highest BCUT2D eigenvalue weighted by atomic mass is 32.2. The first-order chi connectivity index (χ1) is 9.73. The van der Waals surface area contributed by atoms with E-state index in [2.05, 4.69) is 0 Å². The molecule has 1 aromatic rings. The zero-order valence-electron chi connectivity index (χ0n) is 12.0. The molecule has 1 atom stereocenters. The highest BCUT2D eigenvalue weighted by molar-refractivity contribution is 7.91. The van der Waals surface area contributed by atoms with Gasteiger partial charge in [0.05, 0.1) is 16.6 Å². The highest BCUT2D eigenvalue weighted by Gasteiger charge is 2.37. The van der Waals surface area contributed by atoms with Crippen LogP contribution >= 0.6 is 0 Å². The summed E-state index contributed by atoms with van der Waals surface area (Å²) in [5, 5.41) is 9.41. The molecule has 118 valence electrons. The molecule has 0 radical (unpaired) electrons. The van der Waals surface area contributed by atoms with Crippen LogP contribution in [-0.2, 0) is 9.84 Å². The van der Waals surface area contributed by atoms with Crippen LogP contribution < -0.4 is 0 Å². The average molecular weight is 318 g/mol. The standard InChI is InChI=1S/C15H20F2O3S/c1-11(12-5-6-13(16)14(17)9-12)21(19,20)10-15(18)7-3-2-4-8-15/h5-6,9,11,18H,2-4,7-8,10H2,1H3/t11-/m1/s1. The molecule has 0 unspecified atom stereocenters. The van der Waals surface area contributed by atoms with Gasteiger partial charge in [-0.1, -0.05) is 25.3 Å². The van der Waals surface area contributed by atoms with Gasteiger partial charge < -0.3 is 5.11 Å². The van der Waals surface area contributed by atoms with Crippen molar-refractivity contribution < 1.29 is 22.3 Å². The van der Waals surface area contributed by atoms with Crippen LogP contribution in [0.1, 0.15) is 49.8 Å². The summed E-state index contributed by atoms with van der Waals surface area (Å²) in [4.78, 5) is 0. The third kappa shape index (κ3) is 3.80. The first-order valence-electron chi connectivity index (χ1n) is 7.12. The number of hydrogen-bond acceptors (Lipinski definition) is 3. The summed E-state index contributed by atoms with van der Waals surface area (Å²) in [6.07, 6.45) is 3.56. The Morgan fingerprint density at radius 2 is 1.81 bits per heavy atom. The van der Waals surface area contributed by atoms with E-state index < -0.39 is 32.3 Å². The van der Waals surface area contributed by atoms with Gasteiger partial charge in [0, 0.05) is 0 Å². The summed E-state index contributed by atoms with van der Waals surface area (Å²) in [6, 6.07) is 3.10. The van der Waals surface area contributed by atoms with Gasteiger partial charge in [0.15, 0.2) is 21.5 Å². The van der Waals surface area contributed by atoms with Crippen LogP contribution in [0.5, 0.6) is 0 Å². The molecule has 0 aliphatic heterocycles. The molecule has 1 N–H and O–H groups in total. The fraction of sp³-hybridized carbons (Fsp3) is 0.600. The van der Waals surface area contributed by atoms with Crippen molar-refractivity contribution in [2.75, 3.05) is 5.75 Å². The molecule has 0 saturated heterocycles. The lowest BCUT2D eigenvalue weighted by molar-refractivity contribution is 0.0256. The molecular formula is C15H20F2O3S. The Morgan fingerprint density at radius 1 is 1.19 bits per heavy atom. The maximum absolute atomic E-state index is 13.2. The van der Waals surface area contributed by atoms with Gasteiger partial charge in [-0.3, -0.25) is 0 Å². The predicted molar refractivity (Wildman–Crippen MR) is 76.6 cm³/mol. The van der Waals surface area contributed by atoms with Crippen molar-refractivity contribution in [3.05, 3.63) is 35.4 Å². The molecule has 21 heavy (non-hydrogen) atoms. The summed E-state index contributed by atoms with van der Waals surface area (Å²) < 4.78 is 51.0. The lowest BCUT2D eigenvalue weighted by Crippen LogP contribution is -2.40. The Bertz CT molecular complexity index is 607.